The van der Waals surface area contributed by atoms with Gasteiger partial charge in [0.1, 0.15) is 0 Å². The summed E-state index contributed by atoms with van der Waals surface area (Å²) in [5.74, 6) is 4.06. The van der Waals surface area contributed by atoms with Crippen molar-refractivity contribution in [1.82, 2.24) is 4.98 Å². The normalized spacial score (nSPS) is 40.8. The van der Waals surface area contributed by atoms with Crippen molar-refractivity contribution < 1.29 is 4.74 Å². The number of pyridine rings is 1. The van der Waals surface area contributed by atoms with Crippen molar-refractivity contribution in [3.8, 4) is 0 Å². The molecule has 5 rings (SSSR count). The lowest BCUT2D eigenvalue weighted by Crippen LogP contribution is -2.50. The van der Waals surface area contributed by atoms with Gasteiger partial charge in [0.2, 0.25) is 0 Å². The minimum absolute atomic E-state index is 0.325. The molecule has 1 aromatic heterocycles. The maximum atomic E-state index is 6.01. The number of aromatic nitrogens is 1. The number of thiocarbonyl (C=S) groups is 1. The molecule has 6 atom stereocenters. The Balaban J connectivity index is 1.44. The van der Waals surface area contributed by atoms with Gasteiger partial charge in [0, 0.05) is 23.4 Å². The molecule has 0 bridgehead atoms. The highest BCUT2D eigenvalue weighted by Crippen LogP contribution is 2.66. The third kappa shape index (κ3) is 2.87. The van der Waals surface area contributed by atoms with Crippen LogP contribution in [0.1, 0.15) is 64.5 Å². The molecule has 0 unspecified atom stereocenters. The van der Waals surface area contributed by atoms with Gasteiger partial charge in [-0.25, -0.2) is 0 Å². The number of nitrogens with zero attached hydrogens (tertiary/aromatic N) is 1. The Labute approximate surface area is 180 Å². The maximum absolute atomic E-state index is 6.01. The Morgan fingerprint density at radius 3 is 2.76 bits per heavy atom. The summed E-state index contributed by atoms with van der Waals surface area (Å²) in [7, 11) is 1.82. The van der Waals surface area contributed by atoms with Gasteiger partial charge in [-0.3, -0.25) is 4.98 Å². The first-order valence-electron chi connectivity index (χ1n) is 11.4. The van der Waals surface area contributed by atoms with Crippen molar-refractivity contribution in [2.24, 2.45) is 34.5 Å². The fraction of sp³-hybridized carbons (Fsp3) is 0.615. The van der Waals surface area contributed by atoms with E-state index in [-0.39, 0.29) is 0 Å². The molecule has 4 aliphatic rings. The number of rotatable bonds is 3. The van der Waals surface area contributed by atoms with E-state index in [1.165, 1.54) is 38.5 Å². The Morgan fingerprint density at radius 2 is 2.00 bits per heavy atom. The van der Waals surface area contributed by atoms with E-state index in [1.54, 1.807) is 5.57 Å². The van der Waals surface area contributed by atoms with E-state index in [9.17, 15) is 0 Å². The van der Waals surface area contributed by atoms with E-state index in [0.29, 0.717) is 16.7 Å². The minimum Gasteiger partial charge on any atom is -0.501 e. The molecule has 154 valence electrons. The molecule has 29 heavy (non-hydrogen) atoms. The van der Waals surface area contributed by atoms with Gasteiger partial charge >= 0.3 is 0 Å². The summed E-state index contributed by atoms with van der Waals surface area (Å²) in [6.45, 7) is 5.08. The molecule has 0 spiro atoms. The van der Waals surface area contributed by atoms with Crippen LogP contribution in [0.2, 0.25) is 0 Å². The third-order valence-corrected chi connectivity index (χ3v) is 9.72. The molecule has 1 heterocycles. The highest BCUT2D eigenvalue weighted by Gasteiger charge is 2.58. The minimum atomic E-state index is 0.325. The van der Waals surface area contributed by atoms with Crippen molar-refractivity contribution in [1.29, 1.82) is 0 Å². The topological polar surface area (TPSA) is 22.1 Å². The van der Waals surface area contributed by atoms with E-state index in [2.05, 4.69) is 43.1 Å². The lowest BCUT2D eigenvalue weighted by atomic mass is 9.48. The van der Waals surface area contributed by atoms with Crippen molar-refractivity contribution in [3.05, 3.63) is 53.6 Å². The number of ether oxygens (including phenoxy) is 1. The SMILES string of the molecule is COC1=CC2=CC[C@H]3[C@@H]4CC[C@H](C(=S)c5ccccn5)[C@@]4(C)CC[C@@H]3[C@@]2(C)CC1. The summed E-state index contributed by atoms with van der Waals surface area (Å²) in [6, 6.07) is 6.15. The first-order chi connectivity index (χ1) is 14.0. The van der Waals surface area contributed by atoms with Crippen LogP contribution in [0.25, 0.3) is 0 Å². The van der Waals surface area contributed by atoms with Crippen LogP contribution >= 0.6 is 12.2 Å². The van der Waals surface area contributed by atoms with Crippen LogP contribution in [0.4, 0.5) is 0 Å². The van der Waals surface area contributed by atoms with Crippen LogP contribution in [-0.4, -0.2) is 17.0 Å². The number of methoxy groups -OCH3 is 1. The maximum Gasteiger partial charge on any atom is 0.0958 e. The molecule has 3 heteroatoms. The molecule has 2 fully saturated rings. The lowest BCUT2D eigenvalue weighted by Gasteiger charge is -2.57. The highest BCUT2D eigenvalue weighted by molar-refractivity contribution is 7.80. The first-order valence-corrected chi connectivity index (χ1v) is 11.8. The molecule has 4 aliphatic carbocycles. The fourth-order valence-electron chi connectivity index (χ4n) is 7.58. The number of hydrogen-bond donors (Lipinski definition) is 0. The predicted molar refractivity (Wildman–Crippen MR) is 122 cm³/mol. The second-order valence-corrected chi connectivity index (χ2v) is 10.7. The molecule has 1 aromatic rings. The van der Waals surface area contributed by atoms with Gasteiger partial charge in [0.25, 0.3) is 0 Å². The van der Waals surface area contributed by atoms with E-state index in [0.717, 1.165) is 40.5 Å². The predicted octanol–water partition coefficient (Wildman–Crippen LogP) is 6.52. The van der Waals surface area contributed by atoms with Crippen molar-refractivity contribution in [2.45, 2.75) is 58.8 Å². The zero-order valence-corrected chi connectivity index (χ0v) is 18.8. The quantitative estimate of drug-likeness (QED) is 0.421. The zero-order chi connectivity index (χ0) is 20.2. The summed E-state index contributed by atoms with van der Waals surface area (Å²) in [5.41, 5.74) is 3.23. The van der Waals surface area contributed by atoms with E-state index < -0.39 is 0 Å². The molecule has 0 aromatic carbocycles. The summed E-state index contributed by atoms with van der Waals surface area (Å²) in [4.78, 5) is 5.69. The van der Waals surface area contributed by atoms with Crippen LogP contribution in [0, 0.1) is 34.5 Å². The van der Waals surface area contributed by atoms with Crippen LogP contribution in [0.5, 0.6) is 0 Å². The average Bonchev–Trinajstić information content (AvgIpc) is 3.10. The first kappa shape index (κ1) is 19.5. The summed E-state index contributed by atoms with van der Waals surface area (Å²) in [6.07, 6.45) is 15.5. The molecular formula is C26H33NOS. The van der Waals surface area contributed by atoms with Gasteiger partial charge in [0.15, 0.2) is 0 Å². The Bertz CT molecular complexity index is 874. The molecule has 0 saturated heterocycles. The summed E-state index contributed by atoms with van der Waals surface area (Å²) in [5, 5.41) is 0. The number of fused-ring (bicyclic) bond motifs is 5. The van der Waals surface area contributed by atoms with Crippen LogP contribution in [0.3, 0.4) is 0 Å². The van der Waals surface area contributed by atoms with Gasteiger partial charge in [-0.2, -0.15) is 0 Å². The molecule has 2 nitrogen and oxygen atoms in total. The molecule has 0 aliphatic heterocycles. The van der Waals surface area contributed by atoms with Crippen molar-refractivity contribution in [3.63, 3.8) is 0 Å². The van der Waals surface area contributed by atoms with E-state index >= 15 is 0 Å². The fourth-order valence-corrected chi connectivity index (χ4v) is 8.09. The summed E-state index contributed by atoms with van der Waals surface area (Å²) >= 11 is 6.01. The average molecular weight is 408 g/mol. The number of hydrogen-bond acceptors (Lipinski definition) is 3. The molecule has 0 amide bonds. The molecule has 2 saturated carbocycles. The molecular weight excluding hydrogens is 374 g/mol. The largest absolute Gasteiger partial charge is 0.501 e. The zero-order valence-electron chi connectivity index (χ0n) is 18.0. The van der Waals surface area contributed by atoms with E-state index in [1.807, 2.05) is 19.4 Å². The molecule has 0 radical (unpaired) electrons. The number of allylic oxidation sites excluding steroid dienone is 4. The Kier molecular flexibility index (Phi) is 4.73. The Hall–Kier alpha value is -1.48. The van der Waals surface area contributed by atoms with Gasteiger partial charge in [-0.1, -0.05) is 38.2 Å². The van der Waals surface area contributed by atoms with Gasteiger partial charge in [-0.05, 0) is 90.9 Å². The third-order valence-electron chi connectivity index (χ3n) is 9.23. The Morgan fingerprint density at radius 1 is 1.14 bits per heavy atom. The van der Waals surface area contributed by atoms with Crippen LogP contribution in [0.15, 0.2) is 47.9 Å². The van der Waals surface area contributed by atoms with Crippen LogP contribution in [-0.2, 0) is 4.74 Å². The second-order valence-electron chi connectivity index (χ2n) is 10.3. The summed E-state index contributed by atoms with van der Waals surface area (Å²) < 4.78 is 5.59. The van der Waals surface area contributed by atoms with Gasteiger partial charge in [0.05, 0.1) is 18.6 Å². The van der Waals surface area contributed by atoms with Crippen molar-refractivity contribution in [2.75, 3.05) is 7.11 Å². The van der Waals surface area contributed by atoms with Crippen LogP contribution < -0.4 is 0 Å². The van der Waals surface area contributed by atoms with Crippen molar-refractivity contribution >= 4 is 17.1 Å². The second kappa shape index (κ2) is 7.04. The lowest BCUT2D eigenvalue weighted by molar-refractivity contribution is -0.0276. The highest BCUT2D eigenvalue weighted by atomic mass is 32.1. The monoisotopic (exact) mass is 407 g/mol. The standard InChI is InChI=1S/C26H33NOS/c1-25-13-11-18(28-3)16-17(25)7-8-19-20-9-10-22(26(20,2)14-12-21(19)25)24(29)23-6-4-5-15-27-23/h4-7,15-16,19-22H,8-14H2,1-3H3/t19-,20-,21-,22+,25-,26-/m0/s1. The molecule has 0 N–H and O–H groups in total. The van der Waals surface area contributed by atoms with Gasteiger partial charge < -0.3 is 4.74 Å². The van der Waals surface area contributed by atoms with E-state index in [4.69, 9.17) is 17.0 Å². The van der Waals surface area contributed by atoms with Gasteiger partial charge in [-0.15, -0.1) is 0 Å². The smallest absolute Gasteiger partial charge is 0.0958 e.